The lowest BCUT2D eigenvalue weighted by Crippen LogP contribution is -2.36. The monoisotopic (exact) mass is 213 g/mol. The molecule has 90 valence electrons. The second kappa shape index (κ2) is 6.49. The number of ether oxygens (including phenoxy) is 1. The van der Waals surface area contributed by atoms with E-state index >= 15 is 0 Å². The zero-order valence-corrected chi connectivity index (χ0v) is 10.8. The van der Waals surface area contributed by atoms with Gasteiger partial charge in [-0.05, 0) is 44.6 Å². The summed E-state index contributed by atoms with van der Waals surface area (Å²) in [6, 6.07) is 0.601. The first-order valence-electron chi connectivity index (χ1n) is 6.48. The van der Waals surface area contributed by atoms with Gasteiger partial charge < -0.3 is 10.1 Å². The maximum absolute atomic E-state index is 5.91. The largest absolute Gasteiger partial charge is 0.377 e. The van der Waals surface area contributed by atoms with Gasteiger partial charge in [0.05, 0.1) is 12.7 Å². The summed E-state index contributed by atoms with van der Waals surface area (Å²) in [5.41, 5.74) is 0. The lowest BCUT2D eigenvalue weighted by atomic mass is 10.1. The number of hydrogen-bond acceptors (Lipinski definition) is 2. The number of likely N-dealkylation sites (N-methyl/N-ethyl adjacent to an activating group) is 1. The minimum atomic E-state index is 0.407. The van der Waals surface area contributed by atoms with E-state index in [4.69, 9.17) is 4.74 Å². The minimum Gasteiger partial charge on any atom is -0.377 e. The summed E-state index contributed by atoms with van der Waals surface area (Å²) in [5.74, 6) is 1.62. The highest BCUT2D eigenvalue weighted by atomic mass is 16.5. The molecule has 2 heteroatoms. The zero-order valence-electron chi connectivity index (χ0n) is 10.8. The van der Waals surface area contributed by atoms with Crippen molar-refractivity contribution in [2.45, 2.75) is 59.1 Å². The summed E-state index contributed by atoms with van der Waals surface area (Å²) >= 11 is 0. The van der Waals surface area contributed by atoms with E-state index in [1.807, 2.05) is 0 Å². The average molecular weight is 213 g/mol. The van der Waals surface area contributed by atoms with E-state index in [1.54, 1.807) is 0 Å². The first-order valence-corrected chi connectivity index (χ1v) is 6.48. The van der Waals surface area contributed by atoms with E-state index in [0.717, 1.165) is 25.0 Å². The predicted molar refractivity (Wildman–Crippen MR) is 65.1 cm³/mol. The van der Waals surface area contributed by atoms with E-state index < -0.39 is 0 Å². The molecule has 0 aromatic rings. The van der Waals surface area contributed by atoms with Gasteiger partial charge in [-0.2, -0.15) is 0 Å². The van der Waals surface area contributed by atoms with Crippen LogP contribution < -0.4 is 5.32 Å². The van der Waals surface area contributed by atoms with Gasteiger partial charge in [-0.3, -0.25) is 0 Å². The Morgan fingerprint density at radius 3 is 2.40 bits per heavy atom. The van der Waals surface area contributed by atoms with Crippen LogP contribution in [0.1, 0.15) is 47.0 Å². The van der Waals surface area contributed by atoms with Gasteiger partial charge >= 0.3 is 0 Å². The number of rotatable bonds is 8. The van der Waals surface area contributed by atoms with Crippen molar-refractivity contribution in [2.75, 3.05) is 13.2 Å². The van der Waals surface area contributed by atoms with Crippen molar-refractivity contribution in [2.24, 2.45) is 11.8 Å². The van der Waals surface area contributed by atoms with Gasteiger partial charge in [-0.15, -0.1) is 0 Å². The molecule has 2 nitrogen and oxygen atoms in total. The third-order valence-electron chi connectivity index (χ3n) is 3.02. The van der Waals surface area contributed by atoms with Crippen molar-refractivity contribution in [3.8, 4) is 0 Å². The summed E-state index contributed by atoms with van der Waals surface area (Å²) in [4.78, 5) is 0. The molecule has 0 aromatic carbocycles. The van der Waals surface area contributed by atoms with Crippen LogP contribution in [0.4, 0.5) is 0 Å². The van der Waals surface area contributed by atoms with E-state index in [2.05, 4.69) is 33.0 Å². The van der Waals surface area contributed by atoms with Crippen LogP contribution in [-0.2, 0) is 4.74 Å². The predicted octanol–water partition coefficient (Wildman–Crippen LogP) is 2.83. The molecular formula is C13H27NO. The smallest absolute Gasteiger partial charge is 0.0625 e. The maximum Gasteiger partial charge on any atom is 0.0625 e. The molecule has 0 amide bonds. The van der Waals surface area contributed by atoms with Gasteiger partial charge in [0.1, 0.15) is 0 Å². The Kier molecular flexibility index (Phi) is 5.62. The third kappa shape index (κ3) is 5.53. The van der Waals surface area contributed by atoms with Crippen molar-refractivity contribution < 1.29 is 4.74 Å². The van der Waals surface area contributed by atoms with E-state index in [0.29, 0.717) is 12.1 Å². The second-order valence-electron chi connectivity index (χ2n) is 5.28. The summed E-state index contributed by atoms with van der Waals surface area (Å²) in [7, 11) is 0. The molecule has 2 atom stereocenters. The minimum absolute atomic E-state index is 0.407. The quantitative estimate of drug-likeness (QED) is 0.669. The molecule has 1 rings (SSSR count). The highest BCUT2D eigenvalue weighted by molar-refractivity contribution is 4.86. The molecule has 0 radical (unpaired) electrons. The van der Waals surface area contributed by atoms with E-state index in [1.165, 1.54) is 19.3 Å². The Bertz CT molecular complexity index is 166. The molecule has 0 aliphatic heterocycles. The van der Waals surface area contributed by atoms with Crippen molar-refractivity contribution >= 4 is 0 Å². The molecule has 1 N–H and O–H groups in total. The third-order valence-corrected chi connectivity index (χ3v) is 3.02. The van der Waals surface area contributed by atoms with E-state index in [-0.39, 0.29) is 0 Å². The van der Waals surface area contributed by atoms with Gasteiger partial charge in [-0.1, -0.05) is 20.8 Å². The van der Waals surface area contributed by atoms with Gasteiger partial charge in [0, 0.05) is 6.04 Å². The molecule has 0 heterocycles. The van der Waals surface area contributed by atoms with Crippen molar-refractivity contribution in [3.05, 3.63) is 0 Å². The average Bonchev–Trinajstić information content (AvgIpc) is 2.94. The molecule has 0 spiro atoms. The van der Waals surface area contributed by atoms with Gasteiger partial charge in [0.25, 0.3) is 0 Å². The molecule has 0 bridgehead atoms. The van der Waals surface area contributed by atoms with Crippen molar-refractivity contribution in [3.63, 3.8) is 0 Å². The standard InChI is InChI=1S/C13H27NO/c1-5-14-13(12-6-7-12)9-15-11(4)8-10(2)3/h10-14H,5-9H2,1-4H3. The topological polar surface area (TPSA) is 21.3 Å². The number of hydrogen-bond donors (Lipinski definition) is 1. The molecular weight excluding hydrogens is 186 g/mol. The van der Waals surface area contributed by atoms with E-state index in [9.17, 15) is 0 Å². The normalized spacial score (nSPS) is 20.6. The second-order valence-corrected chi connectivity index (χ2v) is 5.28. The van der Waals surface area contributed by atoms with Gasteiger partial charge in [-0.25, -0.2) is 0 Å². The summed E-state index contributed by atoms with van der Waals surface area (Å²) in [6.45, 7) is 10.8. The van der Waals surface area contributed by atoms with Crippen molar-refractivity contribution in [1.82, 2.24) is 5.32 Å². The van der Waals surface area contributed by atoms with Crippen LogP contribution in [0.2, 0.25) is 0 Å². The Morgan fingerprint density at radius 2 is 1.93 bits per heavy atom. The highest BCUT2D eigenvalue weighted by Gasteiger charge is 2.30. The van der Waals surface area contributed by atoms with Crippen LogP contribution in [0.5, 0.6) is 0 Å². The van der Waals surface area contributed by atoms with Crippen molar-refractivity contribution in [1.29, 1.82) is 0 Å². The van der Waals surface area contributed by atoms with Crippen LogP contribution in [0, 0.1) is 11.8 Å². The summed E-state index contributed by atoms with van der Waals surface area (Å²) < 4.78 is 5.91. The number of nitrogens with one attached hydrogen (secondary N) is 1. The first kappa shape index (κ1) is 13.0. The molecule has 0 aromatic heterocycles. The van der Waals surface area contributed by atoms with Crippen LogP contribution >= 0.6 is 0 Å². The Hall–Kier alpha value is -0.0800. The van der Waals surface area contributed by atoms with Gasteiger partial charge in [0.15, 0.2) is 0 Å². The molecule has 2 unspecified atom stereocenters. The zero-order chi connectivity index (χ0) is 11.3. The lowest BCUT2D eigenvalue weighted by Gasteiger charge is -2.21. The fourth-order valence-electron chi connectivity index (χ4n) is 2.12. The molecule has 1 saturated carbocycles. The maximum atomic E-state index is 5.91. The van der Waals surface area contributed by atoms with Gasteiger partial charge in [0.2, 0.25) is 0 Å². The SMILES string of the molecule is CCNC(COC(C)CC(C)C)C1CC1. The molecule has 1 aliphatic rings. The van der Waals surface area contributed by atoms with Crippen LogP contribution in [0.25, 0.3) is 0 Å². The lowest BCUT2D eigenvalue weighted by molar-refractivity contribution is 0.0339. The molecule has 0 saturated heterocycles. The fraction of sp³-hybridized carbons (Fsp3) is 1.00. The van der Waals surface area contributed by atoms with Crippen LogP contribution in [0.3, 0.4) is 0 Å². The van der Waals surface area contributed by atoms with Crippen LogP contribution in [0.15, 0.2) is 0 Å². The molecule has 1 fully saturated rings. The Labute approximate surface area is 94.8 Å². The summed E-state index contributed by atoms with van der Waals surface area (Å²) in [5, 5.41) is 3.53. The Balaban J connectivity index is 2.14. The molecule has 15 heavy (non-hydrogen) atoms. The molecule has 1 aliphatic carbocycles. The first-order chi connectivity index (χ1) is 7.13. The summed E-state index contributed by atoms with van der Waals surface area (Å²) in [6.07, 6.45) is 4.35. The fourth-order valence-corrected chi connectivity index (χ4v) is 2.12. The Morgan fingerprint density at radius 1 is 1.27 bits per heavy atom. The highest BCUT2D eigenvalue weighted by Crippen LogP contribution is 2.32. The van der Waals surface area contributed by atoms with Crippen LogP contribution in [-0.4, -0.2) is 25.3 Å².